The van der Waals surface area contributed by atoms with Crippen molar-refractivity contribution in [1.29, 1.82) is 0 Å². The molecular weight excluding hydrogens is 278 g/mol. The minimum atomic E-state index is -3.90. The average molecular weight is 290 g/mol. The summed E-state index contributed by atoms with van der Waals surface area (Å²) in [6.07, 6.45) is 1.26. The van der Waals surface area contributed by atoms with Crippen molar-refractivity contribution >= 4 is 15.8 Å². The third-order valence-corrected chi connectivity index (χ3v) is 4.41. The van der Waals surface area contributed by atoms with Crippen LogP contribution < -0.4 is 0 Å². The quantitative estimate of drug-likeness (QED) is 0.919. The molecule has 7 heteroatoms. The number of sulfone groups is 1. The summed E-state index contributed by atoms with van der Waals surface area (Å²) in [6, 6.07) is 1.50. The second-order valence-electron chi connectivity index (χ2n) is 4.89. The first kappa shape index (κ1) is 13.9. The third kappa shape index (κ3) is 2.60. The van der Waals surface area contributed by atoms with Gasteiger partial charge in [-0.25, -0.2) is 17.2 Å². The number of hydrogen-bond donors (Lipinski definition) is 1. The molecule has 1 N–H and O–H groups in total. The third-order valence-electron chi connectivity index (χ3n) is 3.32. The maximum atomic E-state index is 14.2. The molecule has 19 heavy (non-hydrogen) atoms. The van der Waals surface area contributed by atoms with E-state index in [0.29, 0.717) is 18.9 Å². The number of carboxylic acid groups (broad SMARTS) is 1. The highest BCUT2D eigenvalue weighted by atomic mass is 32.2. The van der Waals surface area contributed by atoms with Gasteiger partial charge < -0.3 is 5.11 Å². The van der Waals surface area contributed by atoms with Gasteiger partial charge in [-0.2, -0.15) is 0 Å². The predicted octanol–water partition coefficient (Wildman–Crippen LogP) is 1.87. The average Bonchev–Trinajstić information content (AvgIpc) is 2.99. The molecule has 4 nitrogen and oxygen atoms in total. The first-order chi connectivity index (χ1) is 8.66. The van der Waals surface area contributed by atoms with Crippen LogP contribution in [0.25, 0.3) is 0 Å². The molecular formula is C12H12F2O4S. The van der Waals surface area contributed by atoms with Gasteiger partial charge in [-0.15, -0.1) is 0 Å². The summed E-state index contributed by atoms with van der Waals surface area (Å²) >= 11 is 0. The second-order valence-corrected chi connectivity index (χ2v) is 6.87. The van der Waals surface area contributed by atoms with Gasteiger partial charge in [-0.3, -0.25) is 4.79 Å². The van der Waals surface area contributed by atoms with E-state index in [4.69, 9.17) is 5.11 Å². The lowest BCUT2D eigenvalue weighted by atomic mass is 9.92. The van der Waals surface area contributed by atoms with Gasteiger partial charge in [-0.1, -0.05) is 0 Å². The monoisotopic (exact) mass is 290 g/mol. The Morgan fingerprint density at radius 3 is 2.37 bits per heavy atom. The maximum Gasteiger partial charge on any atom is 0.304 e. The molecule has 1 fully saturated rings. The highest BCUT2D eigenvalue weighted by Gasteiger charge is 2.48. The first-order valence-electron chi connectivity index (χ1n) is 5.57. The summed E-state index contributed by atoms with van der Waals surface area (Å²) in [4.78, 5) is 10.0. The van der Waals surface area contributed by atoms with E-state index in [1.807, 2.05) is 0 Å². The lowest BCUT2D eigenvalue weighted by Gasteiger charge is -2.16. The minimum absolute atomic E-state index is 0.157. The van der Waals surface area contributed by atoms with Crippen molar-refractivity contribution in [3.8, 4) is 0 Å². The van der Waals surface area contributed by atoms with Crippen LogP contribution in [0.15, 0.2) is 17.0 Å². The van der Waals surface area contributed by atoms with Crippen molar-refractivity contribution in [2.45, 2.75) is 29.6 Å². The van der Waals surface area contributed by atoms with Crippen LogP contribution in [0, 0.1) is 11.6 Å². The molecule has 1 aromatic carbocycles. The molecule has 0 unspecified atom stereocenters. The van der Waals surface area contributed by atoms with Crippen LogP contribution in [-0.4, -0.2) is 25.7 Å². The molecule has 0 spiro atoms. The fraction of sp³-hybridized carbons (Fsp3) is 0.417. The Morgan fingerprint density at radius 1 is 1.37 bits per heavy atom. The molecule has 2 rings (SSSR count). The molecule has 0 heterocycles. The number of hydrogen-bond acceptors (Lipinski definition) is 3. The van der Waals surface area contributed by atoms with E-state index in [1.165, 1.54) is 0 Å². The predicted molar refractivity (Wildman–Crippen MR) is 62.6 cm³/mol. The Kier molecular flexibility index (Phi) is 3.12. The van der Waals surface area contributed by atoms with E-state index in [-0.39, 0.29) is 12.0 Å². The lowest BCUT2D eigenvalue weighted by Crippen LogP contribution is -2.17. The van der Waals surface area contributed by atoms with Crippen LogP contribution in [-0.2, 0) is 20.0 Å². The molecule has 104 valence electrons. The van der Waals surface area contributed by atoms with Gasteiger partial charge in [0, 0.05) is 11.7 Å². The van der Waals surface area contributed by atoms with Crippen LogP contribution in [0.5, 0.6) is 0 Å². The Balaban J connectivity index is 2.60. The van der Waals surface area contributed by atoms with Crippen molar-refractivity contribution in [1.82, 2.24) is 0 Å². The number of aliphatic carboxylic acids is 1. The summed E-state index contributed by atoms with van der Waals surface area (Å²) in [7, 11) is -3.90. The molecule has 0 aromatic heterocycles. The van der Waals surface area contributed by atoms with Crippen LogP contribution in [0.4, 0.5) is 8.78 Å². The van der Waals surface area contributed by atoms with Gasteiger partial charge >= 0.3 is 5.97 Å². The largest absolute Gasteiger partial charge is 0.481 e. The SMILES string of the molecule is CS(=O)(=O)c1cc(F)cc(C2(CC(=O)O)CC2)c1F. The van der Waals surface area contributed by atoms with Crippen LogP contribution in [0.1, 0.15) is 24.8 Å². The standard InChI is InChI=1S/C12H12F2O4S/c1-19(17,18)9-5-7(13)4-8(11(9)14)12(2-3-12)6-10(15)16/h4-5H,2-3,6H2,1H3,(H,15,16). The molecule has 0 amide bonds. The van der Waals surface area contributed by atoms with E-state index in [9.17, 15) is 22.0 Å². The molecule has 0 atom stereocenters. The summed E-state index contributed by atoms with van der Waals surface area (Å²) in [5, 5.41) is 8.81. The minimum Gasteiger partial charge on any atom is -0.481 e. The van der Waals surface area contributed by atoms with E-state index in [1.54, 1.807) is 0 Å². The van der Waals surface area contributed by atoms with Crippen LogP contribution in [0.3, 0.4) is 0 Å². The van der Waals surface area contributed by atoms with Gasteiger partial charge in [0.15, 0.2) is 9.84 Å². The van der Waals surface area contributed by atoms with E-state index >= 15 is 0 Å². The molecule has 1 aliphatic carbocycles. The number of rotatable bonds is 4. The molecule has 1 saturated carbocycles. The normalized spacial score (nSPS) is 17.2. The Morgan fingerprint density at radius 2 is 1.95 bits per heavy atom. The van der Waals surface area contributed by atoms with Gasteiger partial charge in [-0.05, 0) is 30.5 Å². The lowest BCUT2D eigenvalue weighted by molar-refractivity contribution is -0.137. The zero-order valence-electron chi connectivity index (χ0n) is 10.1. The van der Waals surface area contributed by atoms with E-state index < -0.39 is 37.8 Å². The molecule has 0 bridgehead atoms. The summed E-state index contributed by atoms with van der Waals surface area (Å²) in [6.45, 7) is 0. The van der Waals surface area contributed by atoms with Crippen LogP contribution in [0.2, 0.25) is 0 Å². The zero-order chi connectivity index (χ0) is 14.4. The van der Waals surface area contributed by atoms with Crippen molar-refractivity contribution in [2.24, 2.45) is 0 Å². The summed E-state index contributed by atoms with van der Waals surface area (Å²) in [5.41, 5.74) is -1.13. The van der Waals surface area contributed by atoms with Gasteiger partial charge in [0.25, 0.3) is 0 Å². The van der Waals surface area contributed by atoms with Crippen molar-refractivity contribution in [3.63, 3.8) is 0 Å². The smallest absolute Gasteiger partial charge is 0.304 e. The van der Waals surface area contributed by atoms with E-state index in [0.717, 1.165) is 12.3 Å². The molecule has 0 radical (unpaired) electrons. The highest BCUT2D eigenvalue weighted by Crippen LogP contribution is 2.52. The molecule has 0 saturated heterocycles. The topological polar surface area (TPSA) is 71.4 Å². The Hall–Kier alpha value is -1.50. The maximum absolute atomic E-state index is 14.2. The van der Waals surface area contributed by atoms with Gasteiger partial charge in [0.1, 0.15) is 16.5 Å². The molecule has 0 aliphatic heterocycles. The van der Waals surface area contributed by atoms with Gasteiger partial charge in [0.2, 0.25) is 0 Å². The van der Waals surface area contributed by atoms with Gasteiger partial charge in [0.05, 0.1) is 6.42 Å². The van der Waals surface area contributed by atoms with Crippen molar-refractivity contribution in [3.05, 3.63) is 29.3 Å². The summed E-state index contributed by atoms with van der Waals surface area (Å²) in [5.74, 6) is -3.04. The molecule has 1 aliphatic rings. The second kappa shape index (κ2) is 4.26. The number of carbonyl (C=O) groups is 1. The Bertz CT molecular complexity index is 648. The molecule has 1 aromatic rings. The van der Waals surface area contributed by atoms with E-state index in [2.05, 4.69) is 0 Å². The van der Waals surface area contributed by atoms with Crippen molar-refractivity contribution < 1.29 is 27.1 Å². The fourth-order valence-electron chi connectivity index (χ4n) is 2.20. The van der Waals surface area contributed by atoms with Crippen molar-refractivity contribution in [2.75, 3.05) is 6.26 Å². The summed E-state index contributed by atoms with van der Waals surface area (Å²) < 4.78 is 50.5. The van der Waals surface area contributed by atoms with Crippen LogP contribution >= 0.6 is 0 Å². The fourth-order valence-corrected chi connectivity index (χ4v) is 2.96. The zero-order valence-corrected chi connectivity index (χ0v) is 10.9. The first-order valence-corrected chi connectivity index (χ1v) is 7.46. The number of benzene rings is 1. The number of carboxylic acids is 1. The number of halogens is 2. The highest BCUT2D eigenvalue weighted by molar-refractivity contribution is 7.90. The Labute approximate surface area is 109 Å².